The Morgan fingerprint density at radius 3 is 1.56 bits per heavy atom. The highest BCUT2D eigenvalue weighted by Crippen LogP contribution is 2.13. The number of rotatable bonds is 19. The van der Waals surface area contributed by atoms with Gasteiger partial charge in [0.05, 0.1) is 0 Å². The van der Waals surface area contributed by atoms with E-state index in [2.05, 4.69) is 19.2 Å². The summed E-state index contributed by atoms with van der Waals surface area (Å²) in [5, 5.41) is 2.91. The normalized spacial score (nSPS) is 12.3. The van der Waals surface area contributed by atoms with Gasteiger partial charge in [-0.25, -0.2) is 0 Å². The Kier molecular flexibility index (Phi) is 19.9. The number of carbonyl (C=O) groups excluding carboxylic acids is 1. The van der Waals surface area contributed by atoms with E-state index in [9.17, 15) is 4.79 Å². The molecule has 3 heteroatoms. The molecule has 1 unspecified atom stereocenters. The SMILES string of the molecule is CCCCCCCCCCCCCCCC(=O)NC(Cl)CCCCC. The van der Waals surface area contributed by atoms with Crippen LogP contribution in [0.4, 0.5) is 0 Å². The topological polar surface area (TPSA) is 29.1 Å². The third-order valence-corrected chi connectivity index (χ3v) is 5.21. The van der Waals surface area contributed by atoms with Crippen molar-refractivity contribution in [3.8, 4) is 0 Å². The molecule has 1 atom stereocenters. The van der Waals surface area contributed by atoms with Gasteiger partial charge >= 0.3 is 0 Å². The Morgan fingerprint density at radius 2 is 1.08 bits per heavy atom. The van der Waals surface area contributed by atoms with E-state index in [1.54, 1.807) is 0 Å². The smallest absolute Gasteiger partial charge is 0.221 e. The molecule has 25 heavy (non-hydrogen) atoms. The molecule has 0 saturated carbocycles. The number of amides is 1. The Balaban J connectivity index is 3.23. The van der Waals surface area contributed by atoms with E-state index in [-0.39, 0.29) is 11.4 Å². The van der Waals surface area contributed by atoms with E-state index < -0.39 is 0 Å². The van der Waals surface area contributed by atoms with Crippen LogP contribution in [0.1, 0.15) is 129 Å². The number of hydrogen-bond acceptors (Lipinski definition) is 1. The van der Waals surface area contributed by atoms with Crippen molar-refractivity contribution in [3.63, 3.8) is 0 Å². The van der Waals surface area contributed by atoms with E-state index in [4.69, 9.17) is 11.6 Å². The van der Waals surface area contributed by atoms with Crippen molar-refractivity contribution in [1.82, 2.24) is 5.32 Å². The Morgan fingerprint density at radius 1 is 0.680 bits per heavy atom. The molecule has 0 spiro atoms. The molecule has 0 aromatic carbocycles. The molecule has 0 aromatic rings. The van der Waals surface area contributed by atoms with Crippen LogP contribution in [-0.4, -0.2) is 11.4 Å². The first-order valence-corrected chi connectivity index (χ1v) is 11.6. The van der Waals surface area contributed by atoms with Crippen LogP contribution in [0.5, 0.6) is 0 Å². The summed E-state index contributed by atoms with van der Waals surface area (Å²) in [4.78, 5) is 11.8. The van der Waals surface area contributed by atoms with Crippen LogP contribution >= 0.6 is 11.6 Å². The number of alkyl halides is 1. The molecular weight excluding hydrogens is 330 g/mol. The second kappa shape index (κ2) is 20.1. The van der Waals surface area contributed by atoms with Crippen molar-refractivity contribution in [2.75, 3.05) is 0 Å². The minimum Gasteiger partial charge on any atom is -0.340 e. The average Bonchev–Trinajstić information content (AvgIpc) is 2.59. The highest BCUT2D eigenvalue weighted by molar-refractivity contribution is 6.21. The first-order chi connectivity index (χ1) is 12.2. The zero-order valence-electron chi connectivity index (χ0n) is 17.1. The highest BCUT2D eigenvalue weighted by atomic mass is 35.5. The molecule has 0 rings (SSSR count). The third-order valence-electron chi connectivity index (χ3n) is 4.89. The minimum atomic E-state index is -0.180. The number of unbranched alkanes of at least 4 members (excludes halogenated alkanes) is 14. The molecule has 1 N–H and O–H groups in total. The maximum absolute atomic E-state index is 11.8. The Hall–Kier alpha value is -0.240. The van der Waals surface area contributed by atoms with Gasteiger partial charge < -0.3 is 5.32 Å². The molecule has 0 aromatic heterocycles. The van der Waals surface area contributed by atoms with Crippen molar-refractivity contribution in [2.24, 2.45) is 0 Å². The molecular formula is C22H44ClNO. The second-order valence-electron chi connectivity index (χ2n) is 7.52. The highest BCUT2D eigenvalue weighted by Gasteiger charge is 2.08. The molecule has 0 heterocycles. The van der Waals surface area contributed by atoms with Gasteiger partial charge in [0.2, 0.25) is 5.91 Å². The average molecular weight is 374 g/mol. The number of nitrogens with one attached hydrogen (secondary N) is 1. The summed E-state index contributed by atoms with van der Waals surface area (Å²) in [6.45, 7) is 4.45. The van der Waals surface area contributed by atoms with Gasteiger partial charge in [0.25, 0.3) is 0 Å². The van der Waals surface area contributed by atoms with E-state index >= 15 is 0 Å². The van der Waals surface area contributed by atoms with Crippen LogP contribution in [0, 0.1) is 0 Å². The maximum atomic E-state index is 11.8. The summed E-state index contributed by atoms with van der Waals surface area (Å²) >= 11 is 6.14. The Labute approximate surface area is 162 Å². The second-order valence-corrected chi connectivity index (χ2v) is 8.05. The molecule has 0 fully saturated rings. The molecule has 0 aliphatic heterocycles. The molecule has 0 aliphatic rings. The van der Waals surface area contributed by atoms with Gasteiger partial charge in [0, 0.05) is 6.42 Å². The van der Waals surface area contributed by atoms with Crippen LogP contribution in [0.2, 0.25) is 0 Å². The van der Waals surface area contributed by atoms with Crippen LogP contribution in [0.3, 0.4) is 0 Å². The van der Waals surface area contributed by atoms with Gasteiger partial charge in [-0.3, -0.25) is 4.79 Å². The third kappa shape index (κ3) is 19.9. The van der Waals surface area contributed by atoms with Gasteiger partial charge in [0.15, 0.2) is 0 Å². The predicted molar refractivity (Wildman–Crippen MR) is 112 cm³/mol. The molecule has 0 aliphatic carbocycles. The van der Waals surface area contributed by atoms with Crippen LogP contribution < -0.4 is 5.32 Å². The standard InChI is InChI=1S/C22H44ClNO/c1-3-5-7-8-9-10-11-12-13-14-15-16-18-20-22(25)24-21(23)19-17-6-4-2/h21H,3-20H2,1-2H3,(H,24,25). The monoisotopic (exact) mass is 373 g/mol. The lowest BCUT2D eigenvalue weighted by Crippen LogP contribution is -2.30. The fourth-order valence-corrected chi connectivity index (χ4v) is 3.47. The largest absolute Gasteiger partial charge is 0.340 e. The van der Waals surface area contributed by atoms with Crippen molar-refractivity contribution in [1.29, 1.82) is 0 Å². The van der Waals surface area contributed by atoms with Crippen LogP contribution in [0.15, 0.2) is 0 Å². The first-order valence-electron chi connectivity index (χ1n) is 11.1. The Bertz CT molecular complexity index is 283. The summed E-state index contributed by atoms with van der Waals surface area (Å²) in [7, 11) is 0. The van der Waals surface area contributed by atoms with Gasteiger partial charge in [-0.15, -0.1) is 0 Å². The van der Waals surface area contributed by atoms with Gasteiger partial charge in [-0.2, -0.15) is 0 Å². The van der Waals surface area contributed by atoms with Gasteiger partial charge in [-0.1, -0.05) is 122 Å². The van der Waals surface area contributed by atoms with Crippen molar-refractivity contribution >= 4 is 17.5 Å². The number of hydrogen-bond donors (Lipinski definition) is 1. The quantitative estimate of drug-likeness (QED) is 0.140. The van der Waals surface area contributed by atoms with Crippen LogP contribution in [-0.2, 0) is 4.79 Å². The fraction of sp³-hybridized carbons (Fsp3) is 0.955. The molecule has 0 radical (unpaired) electrons. The summed E-state index contributed by atoms with van der Waals surface area (Å²) in [6, 6.07) is 0. The lowest BCUT2D eigenvalue weighted by molar-refractivity contribution is -0.121. The molecule has 150 valence electrons. The molecule has 2 nitrogen and oxygen atoms in total. The number of halogens is 1. The zero-order chi connectivity index (χ0) is 18.6. The van der Waals surface area contributed by atoms with Gasteiger partial charge in [-0.05, 0) is 12.8 Å². The lowest BCUT2D eigenvalue weighted by Gasteiger charge is -2.11. The lowest BCUT2D eigenvalue weighted by atomic mass is 10.0. The maximum Gasteiger partial charge on any atom is 0.221 e. The van der Waals surface area contributed by atoms with Gasteiger partial charge in [0.1, 0.15) is 5.50 Å². The van der Waals surface area contributed by atoms with Crippen LogP contribution in [0.25, 0.3) is 0 Å². The molecule has 0 saturated heterocycles. The van der Waals surface area contributed by atoms with Crippen molar-refractivity contribution in [2.45, 2.75) is 135 Å². The summed E-state index contributed by atoms with van der Waals surface area (Å²) < 4.78 is 0. The van der Waals surface area contributed by atoms with E-state index in [0.29, 0.717) is 6.42 Å². The van der Waals surface area contributed by atoms with E-state index in [1.807, 2.05) is 0 Å². The van der Waals surface area contributed by atoms with Crippen molar-refractivity contribution in [3.05, 3.63) is 0 Å². The fourth-order valence-electron chi connectivity index (χ4n) is 3.20. The summed E-state index contributed by atoms with van der Waals surface area (Å²) in [5.41, 5.74) is -0.180. The molecule has 0 bridgehead atoms. The predicted octanol–water partition coefficient (Wildman–Crippen LogP) is 7.73. The first kappa shape index (κ1) is 24.8. The minimum absolute atomic E-state index is 0.125. The molecule has 1 amide bonds. The van der Waals surface area contributed by atoms with Crippen molar-refractivity contribution < 1.29 is 4.79 Å². The number of carbonyl (C=O) groups is 1. The summed E-state index contributed by atoms with van der Waals surface area (Å²) in [6.07, 6.45) is 22.4. The summed E-state index contributed by atoms with van der Waals surface area (Å²) in [5.74, 6) is 0.125. The zero-order valence-corrected chi connectivity index (χ0v) is 17.8. The van der Waals surface area contributed by atoms with E-state index in [1.165, 1.54) is 89.9 Å². The van der Waals surface area contributed by atoms with E-state index in [0.717, 1.165) is 19.3 Å².